The Balaban J connectivity index is 2.08. The molecule has 1 aromatic rings. The summed E-state index contributed by atoms with van der Waals surface area (Å²) in [7, 11) is 0. The molecule has 0 radical (unpaired) electrons. The van der Waals surface area contributed by atoms with E-state index in [1.54, 1.807) is 6.92 Å². The van der Waals surface area contributed by atoms with Gasteiger partial charge in [-0.2, -0.15) is 0 Å². The molecule has 2 aliphatic heterocycles. The predicted octanol–water partition coefficient (Wildman–Crippen LogP) is 1.96. The number of Topliss-reactive ketones (excluding diaryl/α,β-unsaturated/α-hetero) is 1. The quantitative estimate of drug-likeness (QED) is 0.727. The topological polar surface area (TPSA) is 81.7 Å². The highest BCUT2D eigenvalue weighted by molar-refractivity contribution is 5.95. The molecule has 2 saturated heterocycles. The molecule has 8 heteroatoms. The van der Waals surface area contributed by atoms with E-state index in [1.807, 2.05) is 0 Å². The largest absolute Gasteiger partial charge is 0.465 e. The summed E-state index contributed by atoms with van der Waals surface area (Å²) in [5, 5.41) is 16.1. The Morgan fingerprint density at radius 1 is 1.22 bits per heavy atom. The summed E-state index contributed by atoms with van der Waals surface area (Å²) >= 11 is 0. The molecule has 1 aromatic carbocycles. The van der Waals surface area contributed by atoms with Crippen LogP contribution in [0.1, 0.15) is 31.2 Å². The van der Waals surface area contributed by atoms with Crippen molar-refractivity contribution in [2.75, 3.05) is 32.7 Å². The molecule has 6 nitrogen and oxygen atoms in total. The average Bonchev–Trinajstić information content (AvgIpc) is 3.10. The van der Waals surface area contributed by atoms with Crippen molar-refractivity contribution >= 4 is 11.9 Å². The van der Waals surface area contributed by atoms with E-state index in [0.717, 1.165) is 12.1 Å². The van der Waals surface area contributed by atoms with Crippen LogP contribution in [0.25, 0.3) is 0 Å². The molecule has 2 heterocycles. The molecule has 1 amide bonds. The molecule has 0 bridgehead atoms. The molecule has 0 saturated carbocycles. The number of nitrogens with zero attached hydrogens (tertiary/aromatic N) is 1. The Hall–Kier alpha value is -2.06. The van der Waals surface area contributed by atoms with Crippen molar-refractivity contribution in [2.45, 2.75) is 31.2 Å². The van der Waals surface area contributed by atoms with Gasteiger partial charge in [-0.3, -0.25) is 9.69 Å². The molecule has 2 aliphatic rings. The minimum atomic E-state index is -1.33. The van der Waals surface area contributed by atoms with Gasteiger partial charge in [0.1, 0.15) is 5.54 Å². The van der Waals surface area contributed by atoms with Crippen LogP contribution in [0.3, 0.4) is 0 Å². The summed E-state index contributed by atoms with van der Waals surface area (Å²) in [5.41, 5.74) is -0.895. The van der Waals surface area contributed by atoms with Gasteiger partial charge in [0, 0.05) is 31.5 Å². The van der Waals surface area contributed by atoms with Gasteiger partial charge in [0.15, 0.2) is 17.4 Å². The number of halogens is 2. The first kappa shape index (κ1) is 19.7. The number of ketones is 1. The molecule has 3 rings (SSSR count). The highest BCUT2D eigenvalue weighted by Gasteiger charge is 2.56. The van der Waals surface area contributed by atoms with Crippen molar-refractivity contribution in [1.29, 1.82) is 0 Å². The maximum atomic E-state index is 13.9. The number of amides is 1. The van der Waals surface area contributed by atoms with Gasteiger partial charge in [0.05, 0.1) is 0 Å². The summed E-state index contributed by atoms with van der Waals surface area (Å²) in [6.07, 6.45) is 0.0981. The Kier molecular flexibility index (Phi) is 5.76. The van der Waals surface area contributed by atoms with Crippen LogP contribution in [0.15, 0.2) is 18.2 Å². The Bertz CT molecular complexity index is 724. The predicted molar refractivity (Wildman–Crippen MR) is 95.7 cm³/mol. The lowest BCUT2D eigenvalue weighted by molar-refractivity contribution is -0.135. The summed E-state index contributed by atoms with van der Waals surface area (Å²) in [6.45, 7) is 3.72. The summed E-state index contributed by atoms with van der Waals surface area (Å²) in [6, 6.07) is 3.54. The lowest BCUT2D eigenvalue weighted by Crippen LogP contribution is -2.63. The van der Waals surface area contributed by atoms with Crippen LogP contribution in [0.4, 0.5) is 13.6 Å². The minimum Gasteiger partial charge on any atom is -0.465 e. The number of likely N-dealkylation sites (N-methyl/N-ethyl adjacent to an activating group) is 1. The highest BCUT2D eigenvalue weighted by atomic mass is 19.2. The number of rotatable bonds is 5. The molecule has 0 unspecified atom stereocenters. The number of hydrogen-bond acceptors (Lipinski definition) is 4. The third-order valence-electron chi connectivity index (χ3n) is 5.83. The van der Waals surface area contributed by atoms with Crippen LogP contribution in [0.5, 0.6) is 0 Å². The van der Waals surface area contributed by atoms with Crippen molar-refractivity contribution in [1.82, 2.24) is 15.5 Å². The third kappa shape index (κ3) is 3.43. The van der Waals surface area contributed by atoms with E-state index in [2.05, 4.69) is 10.6 Å². The second-order valence-electron chi connectivity index (χ2n) is 7.20. The lowest BCUT2D eigenvalue weighted by atomic mass is 9.72. The molecule has 148 valence electrons. The van der Waals surface area contributed by atoms with Crippen LogP contribution >= 0.6 is 0 Å². The fraction of sp³-hybridized carbons (Fsp3) is 0.579. The van der Waals surface area contributed by atoms with Crippen molar-refractivity contribution in [3.63, 3.8) is 0 Å². The molecule has 0 spiro atoms. The van der Waals surface area contributed by atoms with Crippen molar-refractivity contribution in [2.24, 2.45) is 5.92 Å². The Morgan fingerprint density at radius 2 is 1.93 bits per heavy atom. The number of carbonyl (C=O) groups excluding carboxylic acids is 1. The number of benzene rings is 1. The zero-order valence-electron chi connectivity index (χ0n) is 15.3. The molecule has 27 heavy (non-hydrogen) atoms. The van der Waals surface area contributed by atoms with E-state index in [1.165, 1.54) is 11.0 Å². The maximum absolute atomic E-state index is 13.9. The Morgan fingerprint density at radius 3 is 2.52 bits per heavy atom. The smallest absolute Gasteiger partial charge is 0.408 e. The SMILES string of the molecule is CCN(C(=O)O)[C@]1(C(=O)C2CCNCC2)CNC[C@H]1c1ccc(F)c(F)c1. The third-order valence-corrected chi connectivity index (χ3v) is 5.83. The molecule has 0 aliphatic carbocycles. The van der Waals surface area contributed by atoms with Crippen LogP contribution in [0.2, 0.25) is 0 Å². The second-order valence-corrected chi connectivity index (χ2v) is 7.20. The molecule has 3 N–H and O–H groups in total. The van der Waals surface area contributed by atoms with Gasteiger partial charge < -0.3 is 15.7 Å². The first-order valence-corrected chi connectivity index (χ1v) is 9.33. The average molecular weight is 381 g/mol. The van der Waals surface area contributed by atoms with Crippen LogP contribution in [0, 0.1) is 17.6 Å². The van der Waals surface area contributed by atoms with E-state index in [0.29, 0.717) is 38.0 Å². The maximum Gasteiger partial charge on any atom is 0.408 e. The normalized spacial score (nSPS) is 26.1. The van der Waals surface area contributed by atoms with E-state index in [9.17, 15) is 23.5 Å². The summed E-state index contributed by atoms with van der Waals surface area (Å²) < 4.78 is 27.3. The van der Waals surface area contributed by atoms with Crippen LogP contribution < -0.4 is 10.6 Å². The van der Waals surface area contributed by atoms with E-state index < -0.39 is 29.2 Å². The van der Waals surface area contributed by atoms with Gasteiger partial charge in [-0.25, -0.2) is 13.6 Å². The minimum absolute atomic E-state index is 0.131. The molecular weight excluding hydrogens is 356 g/mol. The van der Waals surface area contributed by atoms with Crippen molar-refractivity contribution in [3.8, 4) is 0 Å². The van der Waals surface area contributed by atoms with Crippen molar-refractivity contribution in [3.05, 3.63) is 35.4 Å². The van der Waals surface area contributed by atoms with Gasteiger partial charge in [0.2, 0.25) is 0 Å². The molecular formula is C19H25F2N3O3. The fourth-order valence-corrected chi connectivity index (χ4v) is 4.52. The second kappa shape index (κ2) is 7.90. The monoisotopic (exact) mass is 381 g/mol. The lowest BCUT2D eigenvalue weighted by Gasteiger charge is -2.44. The standard InChI is InChI=1S/C19H25F2N3O3/c1-2-24(18(26)27)19(17(25)12-5-7-22-8-6-12)11-23-10-14(19)13-3-4-15(20)16(21)9-13/h3-4,9,12,14,22-23H,2,5-8,10-11H2,1H3,(H,26,27)/t14-,19+/m0/s1. The fourth-order valence-electron chi connectivity index (χ4n) is 4.52. The van der Waals surface area contributed by atoms with E-state index in [4.69, 9.17) is 0 Å². The highest BCUT2D eigenvalue weighted by Crippen LogP contribution is 2.41. The summed E-state index contributed by atoms with van der Waals surface area (Å²) in [4.78, 5) is 26.8. The molecule has 0 aromatic heterocycles. The summed E-state index contributed by atoms with van der Waals surface area (Å²) in [5.74, 6) is -2.93. The zero-order valence-corrected chi connectivity index (χ0v) is 15.3. The van der Waals surface area contributed by atoms with Crippen molar-refractivity contribution < 1.29 is 23.5 Å². The van der Waals surface area contributed by atoms with Gasteiger partial charge in [0.25, 0.3) is 0 Å². The van der Waals surface area contributed by atoms with E-state index in [-0.39, 0.29) is 24.8 Å². The number of carbonyl (C=O) groups is 2. The van der Waals surface area contributed by atoms with E-state index >= 15 is 0 Å². The van der Waals surface area contributed by atoms with Crippen LogP contribution in [-0.2, 0) is 4.79 Å². The Labute approximate surface area is 156 Å². The number of carboxylic acid groups (broad SMARTS) is 1. The first-order chi connectivity index (χ1) is 12.9. The number of hydrogen-bond donors (Lipinski definition) is 3. The van der Waals surface area contributed by atoms with Gasteiger partial charge in [-0.05, 0) is 50.6 Å². The number of nitrogens with one attached hydrogen (secondary N) is 2. The molecule has 2 fully saturated rings. The van der Waals surface area contributed by atoms with Crippen LogP contribution in [-0.4, -0.2) is 60.1 Å². The first-order valence-electron chi connectivity index (χ1n) is 9.33. The van der Waals surface area contributed by atoms with Gasteiger partial charge in [-0.1, -0.05) is 6.07 Å². The zero-order chi connectivity index (χ0) is 19.6. The number of piperidine rings is 1. The van der Waals surface area contributed by atoms with Gasteiger partial charge >= 0.3 is 6.09 Å². The van der Waals surface area contributed by atoms with Gasteiger partial charge in [-0.15, -0.1) is 0 Å². The molecule has 2 atom stereocenters.